The normalized spacial score (nSPS) is 12.4. The summed E-state index contributed by atoms with van der Waals surface area (Å²) in [4.78, 5) is 0. The molecule has 1 atom stereocenters. The van der Waals surface area contributed by atoms with Crippen molar-refractivity contribution >= 4 is 11.6 Å². The van der Waals surface area contributed by atoms with Crippen molar-refractivity contribution in [3.8, 4) is 0 Å². The number of benzene rings is 2. The van der Waals surface area contributed by atoms with Gasteiger partial charge in [0.05, 0.1) is 5.02 Å². The third-order valence-corrected chi connectivity index (χ3v) is 3.45. The van der Waals surface area contributed by atoms with Crippen LogP contribution < -0.4 is 5.32 Å². The summed E-state index contributed by atoms with van der Waals surface area (Å²) >= 11 is 5.73. The van der Waals surface area contributed by atoms with Crippen LogP contribution in [-0.2, 0) is 6.42 Å². The molecule has 2 rings (SSSR count). The molecule has 5 heteroatoms. The molecule has 0 heterocycles. The first-order valence-electron chi connectivity index (χ1n) is 6.08. The summed E-state index contributed by atoms with van der Waals surface area (Å²) < 4.78 is 40.5. The van der Waals surface area contributed by atoms with E-state index in [2.05, 4.69) is 5.32 Å². The van der Waals surface area contributed by atoms with Crippen LogP contribution in [0.15, 0.2) is 36.4 Å². The van der Waals surface area contributed by atoms with E-state index in [1.54, 1.807) is 13.1 Å². The number of hydrogen-bond donors (Lipinski definition) is 1. The Morgan fingerprint density at radius 1 is 1.05 bits per heavy atom. The van der Waals surface area contributed by atoms with Gasteiger partial charge < -0.3 is 5.32 Å². The Balaban J connectivity index is 2.31. The maximum absolute atomic E-state index is 13.7. The molecule has 0 aliphatic heterocycles. The molecule has 20 heavy (non-hydrogen) atoms. The molecule has 0 amide bonds. The minimum absolute atomic E-state index is 0.00713. The van der Waals surface area contributed by atoms with Gasteiger partial charge >= 0.3 is 0 Å². The molecule has 1 unspecified atom stereocenters. The van der Waals surface area contributed by atoms with Gasteiger partial charge in [0.15, 0.2) is 0 Å². The summed E-state index contributed by atoms with van der Waals surface area (Å²) in [6.45, 7) is 0. The third kappa shape index (κ3) is 3.14. The smallest absolute Gasteiger partial charge is 0.141 e. The van der Waals surface area contributed by atoms with Crippen LogP contribution in [0.25, 0.3) is 0 Å². The topological polar surface area (TPSA) is 12.0 Å². The largest absolute Gasteiger partial charge is 0.313 e. The molecule has 0 bridgehead atoms. The fourth-order valence-corrected chi connectivity index (χ4v) is 2.24. The molecule has 0 aliphatic carbocycles. The van der Waals surface area contributed by atoms with Gasteiger partial charge in [-0.05, 0) is 43.3 Å². The first-order valence-corrected chi connectivity index (χ1v) is 6.46. The van der Waals surface area contributed by atoms with Crippen molar-refractivity contribution < 1.29 is 13.2 Å². The van der Waals surface area contributed by atoms with Crippen molar-refractivity contribution in [1.82, 2.24) is 5.32 Å². The van der Waals surface area contributed by atoms with E-state index >= 15 is 0 Å². The van der Waals surface area contributed by atoms with E-state index in [4.69, 9.17) is 11.6 Å². The average Bonchev–Trinajstić information content (AvgIpc) is 2.42. The van der Waals surface area contributed by atoms with Gasteiger partial charge in [0.1, 0.15) is 17.5 Å². The lowest BCUT2D eigenvalue weighted by atomic mass is 9.98. The van der Waals surface area contributed by atoms with Gasteiger partial charge in [0.25, 0.3) is 0 Å². The molecule has 0 saturated carbocycles. The van der Waals surface area contributed by atoms with Crippen molar-refractivity contribution in [2.75, 3.05) is 7.05 Å². The standard InChI is InChI=1S/C15H13ClF3N/c1-20-15(9-5-6-14(19)11(16)7-9)8-10-12(17)3-2-4-13(10)18/h2-7,15,20H,8H2,1H3. The lowest BCUT2D eigenvalue weighted by Gasteiger charge is -2.18. The fraction of sp³-hybridized carbons (Fsp3) is 0.200. The van der Waals surface area contributed by atoms with Gasteiger partial charge in [-0.2, -0.15) is 0 Å². The van der Waals surface area contributed by atoms with Crippen LogP contribution in [0.2, 0.25) is 5.02 Å². The Labute approximate surface area is 120 Å². The molecule has 2 aromatic rings. The lowest BCUT2D eigenvalue weighted by Crippen LogP contribution is -2.20. The average molecular weight is 300 g/mol. The van der Waals surface area contributed by atoms with E-state index in [1.165, 1.54) is 30.3 Å². The Morgan fingerprint density at radius 2 is 1.70 bits per heavy atom. The number of halogens is 4. The van der Waals surface area contributed by atoms with E-state index in [1.807, 2.05) is 0 Å². The van der Waals surface area contributed by atoms with E-state index in [-0.39, 0.29) is 23.0 Å². The Morgan fingerprint density at radius 3 is 2.25 bits per heavy atom. The highest BCUT2D eigenvalue weighted by molar-refractivity contribution is 6.30. The fourth-order valence-electron chi connectivity index (χ4n) is 2.05. The highest BCUT2D eigenvalue weighted by atomic mass is 35.5. The molecule has 0 spiro atoms. The van der Waals surface area contributed by atoms with Crippen LogP contribution in [0.4, 0.5) is 13.2 Å². The molecule has 106 valence electrons. The van der Waals surface area contributed by atoms with Crippen LogP contribution in [-0.4, -0.2) is 7.05 Å². The molecular formula is C15H13ClF3N. The Bertz CT molecular complexity index is 596. The third-order valence-electron chi connectivity index (χ3n) is 3.16. The maximum Gasteiger partial charge on any atom is 0.141 e. The minimum Gasteiger partial charge on any atom is -0.313 e. The first-order chi connectivity index (χ1) is 9.52. The van der Waals surface area contributed by atoms with Crippen LogP contribution in [0, 0.1) is 17.5 Å². The zero-order valence-corrected chi connectivity index (χ0v) is 11.5. The second kappa shape index (κ2) is 6.29. The van der Waals surface area contributed by atoms with Crippen LogP contribution >= 0.6 is 11.6 Å². The summed E-state index contributed by atoms with van der Waals surface area (Å²) in [6.07, 6.45) is 0.108. The highest BCUT2D eigenvalue weighted by Crippen LogP contribution is 2.25. The van der Waals surface area contributed by atoms with Gasteiger partial charge in [-0.25, -0.2) is 13.2 Å². The van der Waals surface area contributed by atoms with Gasteiger partial charge in [-0.3, -0.25) is 0 Å². The first kappa shape index (κ1) is 14.9. The zero-order valence-electron chi connectivity index (χ0n) is 10.8. The number of likely N-dealkylation sites (N-methyl/N-ethyl adjacent to an activating group) is 1. The SMILES string of the molecule is CNC(Cc1c(F)cccc1F)c1ccc(F)c(Cl)c1. The summed E-state index contributed by atoms with van der Waals surface area (Å²) in [5.74, 6) is -1.72. The quantitative estimate of drug-likeness (QED) is 0.889. The number of nitrogens with one attached hydrogen (secondary N) is 1. The predicted molar refractivity (Wildman–Crippen MR) is 73.3 cm³/mol. The molecule has 1 nitrogen and oxygen atoms in total. The van der Waals surface area contributed by atoms with Crippen molar-refractivity contribution in [2.24, 2.45) is 0 Å². The molecule has 0 fully saturated rings. The Kier molecular flexibility index (Phi) is 4.68. The predicted octanol–water partition coefficient (Wildman–Crippen LogP) is 4.26. The minimum atomic E-state index is -0.599. The molecule has 0 radical (unpaired) electrons. The van der Waals surface area contributed by atoms with Crippen molar-refractivity contribution in [3.05, 3.63) is 70.0 Å². The maximum atomic E-state index is 13.7. The van der Waals surface area contributed by atoms with Gasteiger partial charge in [0, 0.05) is 11.6 Å². The van der Waals surface area contributed by atoms with Crippen molar-refractivity contribution in [2.45, 2.75) is 12.5 Å². The zero-order chi connectivity index (χ0) is 14.7. The molecule has 2 aromatic carbocycles. The van der Waals surface area contributed by atoms with E-state index in [9.17, 15) is 13.2 Å². The summed E-state index contributed by atoms with van der Waals surface area (Å²) in [5, 5.41) is 2.94. The molecular weight excluding hydrogens is 287 g/mol. The van der Waals surface area contributed by atoms with E-state index in [0.29, 0.717) is 5.56 Å². The Hall–Kier alpha value is -1.52. The summed E-state index contributed by atoms with van der Waals surface area (Å²) in [5.41, 5.74) is 0.661. The molecule has 1 N–H and O–H groups in total. The van der Waals surface area contributed by atoms with Crippen LogP contribution in [0.5, 0.6) is 0 Å². The second-order valence-corrected chi connectivity index (χ2v) is 4.83. The summed E-state index contributed by atoms with van der Waals surface area (Å²) in [7, 11) is 1.67. The monoisotopic (exact) mass is 299 g/mol. The number of rotatable bonds is 4. The molecule has 0 aliphatic rings. The highest BCUT2D eigenvalue weighted by Gasteiger charge is 2.17. The van der Waals surface area contributed by atoms with E-state index in [0.717, 1.165) is 0 Å². The van der Waals surface area contributed by atoms with Crippen molar-refractivity contribution in [1.29, 1.82) is 0 Å². The number of hydrogen-bond acceptors (Lipinski definition) is 1. The summed E-state index contributed by atoms with van der Waals surface area (Å²) in [6, 6.07) is 7.61. The van der Waals surface area contributed by atoms with Crippen LogP contribution in [0.3, 0.4) is 0 Å². The van der Waals surface area contributed by atoms with Crippen LogP contribution in [0.1, 0.15) is 17.2 Å². The van der Waals surface area contributed by atoms with Gasteiger partial charge in [0.2, 0.25) is 0 Å². The van der Waals surface area contributed by atoms with Gasteiger partial charge in [-0.15, -0.1) is 0 Å². The lowest BCUT2D eigenvalue weighted by molar-refractivity contribution is 0.514. The van der Waals surface area contributed by atoms with E-state index < -0.39 is 17.5 Å². The van der Waals surface area contributed by atoms with Gasteiger partial charge in [-0.1, -0.05) is 23.7 Å². The van der Waals surface area contributed by atoms with Crippen molar-refractivity contribution in [3.63, 3.8) is 0 Å². The molecule has 0 saturated heterocycles. The second-order valence-electron chi connectivity index (χ2n) is 4.42. The molecule has 0 aromatic heterocycles.